The summed E-state index contributed by atoms with van der Waals surface area (Å²) in [5, 5.41) is 6.71. The largest absolute Gasteiger partial charge is 0.354 e. The van der Waals surface area contributed by atoms with E-state index in [1.54, 1.807) is 0 Å². The number of rotatable bonds is 2. The first-order chi connectivity index (χ1) is 15.3. The number of piperazine rings is 2. The van der Waals surface area contributed by atoms with Gasteiger partial charge in [-0.25, -0.2) is 4.98 Å². The van der Waals surface area contributed by atoms with Crippen LogP contribution in [0.15, 0.2) is 41.7 Å². The summed E-state index contributed by atoms with van der Waals surface area (Å²) in [6.07, 6.45) is 11.7. The highest BCUT2D eigenvalue weighted by atomic mass is 15.2. The minimum absolute atomic E-state index is 0. The van der Waals surface area contributed by atoms with Crippen LogP contribution in [0.25, 0.3) is 0 Å². The van der Waals surface area contributed by atoms with E-state index in [-0.39, 0.29) is 13.0 Å². The van der Waals surface area contributed by atoms with Crippen molar-refractivity contribution in [2.24, 2.45) is 4.99 Å². The van der Waals surface area contributed by atoms with Crippen molar-refractivity contribution in [3.63, 3.8) is 0 Å². The van der Waals surface area contributed by atoms with Crippen molar-refractivity contribution < 1.29 is 0 Å². The van der Waals surface area contributed by atoms with Crippen LogP contribution in [-0.4, -0.2) is 74.0 Å². The van der Waals surface area contributed by atoms with E-state index in [0.29, 0.717) is 0 Å². The molecule has 0 saturated carbocycles. The zero-order valence-electron chi connectivity index (χ0n) is 20.6. The Balaban J connectivity index is 0.000000514. The third-order valence-electron chi connectivity index (χ3n) is 5.53. The summed E-state index contributed by atoms with van der Waals surface area (Å²) in [7, 11) is 0. The van der Waals surface area contributed by atoms with Gasteiger partial charge < -0.3 is 15.5 Å². The molecule has 0 aromatic carbocycles. The molecule has 0 radical (unpaired) electrons. The molecule has 4 rings (SSSR count). The molecule has 1 aromatic heterocycles. The monoisotopic (exact) mass is 446 g/mol. The molecule has 184 valence electrons. The number of pyridine rings is 1. The summed E-state index contributed by atoms with van der Waals surface area (Å²) in [6.45, 7) is 19.1. The predicted molar refractivity (Wildman–Crippen MR) is 143 cm³/mol. The molecule has 1 aromatic rings. The molecule has 6 heteroatoms. The van der Waals surface area contributed by atoms with Gasteiger partial charge in [0.2, 0.25) is 0 Å². The summed E-state index contributed by atoms with van der Waals surface area (Å²) in [5.74, 6) is 1.10. The Hall–Kier alpha value is -1.76. The van der Waals surface area contributed by atoms with Gasteiger partial charge in [0.1, 0.15) is 5.82 Å². The number of nitrogens with zero attached hydrogens (tertiary/aromatic N) is 4. The lowest BCUT2D eigenvalue weighted by atomic mass is 9.92. The fourth-order valence-electron chi connectivity index (χ4n) is 3.83. The highest BCUT2D eigenvalue weighted by molar-refractivity contribution is 5.70. The summed E-state index contributed by atoms with van der Waals surface area (Å²) >= 11 is 0. The molecular formula is C26H50N6. The lowest BCUT2D eigenvalue weighted by molar-refractivity contribution is 0.136. The lowest BCUT2D eigenvalue weighted by Gasteiger charge is -2.41. The van der Waals surface area contributed by atoms with Gasteiger partial charge in [-0.2, -0.15) is 0 Å². The van der Waals surface area contributed by atoms with E-state index in [9.17, 15) is 0 Å². The summed E-state index contributed by atoms with van der Waals surface area (Å²) < 4.78 is 0. The molecule has 6 nitrogen and oxygen atoms in total. The first-order valence-electron chi connectivity index (χ1n) is 12.3. The molecule has 1 unspecified atom stereocenters. The molecule has 0 amide bonds. The van der Waals surface area contributed by atoms with E-state index >= 15 is 0 Å². The second-order valence-electron chi connectivity index (χ2n) is 7.57. The molecule has 3 aliphatic heterocycles. The molecule has 2 N–H and O–H groups in total. The van der Waals surface area contributed by atoms with Gasteiger partial charge >= 0.3 is 0 Å². The van der Waals surface area contributed by atoms with Gasteiger partial charge in [-0.05, 0) is 38.3 Å². The molecule has 2 saturated heterocycles. The molecular weight excluding hydrogens is 396 g/mol. The lowest BCUT2D eigenvalue weighted by Crippen LogP contribution is -2.55. The number of hydrogen-bond acceptors (Lipinski definition) is 6. The summed E-state index contributed by atoms with van der Waals surface area (Å²) in [4.78, 5) is 13.6. The van der Waals surface area contributed by atoms with Crippen molar-refractivity contribution in [3.8, 4) is 0 Å². The van der Waals surface area contributed by atoms with Crippen LogP contribution in [0.4, 0.5) is 5.82 Å². The number of allylic oxidation sites excluding steroid dienone is 1. The highest BCUT2D eigenvalue weighted by Crippen LogP contribution is 2.22. The Kier molecular flexibility index (Phi) is 17.7. The number of nitrogens with one attached hydrogen (secondary N) is 2. The van der Waals surface area contributed by atoms with Crippen molar-refractivity contribution in [1.82, 2.24) is 20.5 Å². The van der Waals surface area contributed by atoms with Gasteiger partial charge in [-0.1, -0.05) is 47.3 Å². The SMILES string of the molecule is C.CC.CC.CC1(N2CCNCC2)C=N/C=C\CCC1.c1ccc(N2CCNCC2)nc1. The average Bonchev–Trinajstić information content (AvgIpc) is 2.86. The van der Waals surface area contributed by atoms with Crippen LogP contribution in [0.2, 0.25) is 0 Å². The Morgan fingerprint density at radius 3 is 2.12 bits per heavy atom. The Labute approximate surface area is 198 Å². The fraction of sp³-hybridized carbons (Fsp3) is 0.692. The summed E-state index contributed by atoms with van der Waals surface area (Å²) in [6, 6.07) is 6.04. The van der Waals surface area contributed by atoms with Crippen LogP contribution in [0.1, 0.15) is 61.3 Å². The van der Waals surface area contributed by atoms with Crippen LogP contribution in [0.5, 0.6) is 0 Å². The molecule has 2 fully saturated rings. The van der Waals surface area contributed by atoms with Crippen LogP contribution >= 0.6 is 0 Å². The molecule has 3 aliphatic rings. The van der Waals surface area contributed by atoms with E-state index in [2.05, 4.69) is 55.7 Å². The fourth-order valence-corrected chi connectivity index (χ4v) is 3.83. The van der Waals surface area contributed by atoms with Crippen molar-refractivity contribution in [1.29, 1.82) is 0 Å². The topological polar surface area (TPSA) is 55.8 Å². The smallest absolute Gasteiger partial charge is 0.128 e. The van der Waals surface area contributed by atoms with Crippen LogP contribution in [-0.2, 0) is 0 Å². The average molecular weight is 447 g/mol. The molecule has 0 spiro atoms. The molecule has 0 aliphatic carbocycles. The van der Waals surface area contributed by atoms with Crippen molar-refractivity contribution in [3.05, 3.63) is 36.7 Å². The maximum absolute atomic E-state index is 4.39. The van der Waals surface area contributed by atoms with E-state index in [1.165, 1.54) is 19.3 Å². The zero-order chi connectivity index (χ0) is 22.8. The third kappa shape index (κ3) is 10.7. The predicted octanol–water partition coefficient (Wildman–Crippen LogP) is 4.60. The Morgan fingerprint density at radius 1 is 0.906 bits per heavy atom. The second-order valence-corrected chi connectivity index (χ2v) is 7.57. The molecule has 32 heavy (non-hydrogen) atoms. The maximum atomic E-state index is 4.39. The maximum Gasteiger partial charge on any atom is 0.128 e. The number of aromatic nitrogens is 1. The van der Waals surface area contributed by atoms with Crippen LogP contribution in [0, 0.1) is 0 Å². The van der Waals surface area contributed by atoms with E-state index in [1.807, 2.05) is 52.2 Å². The van der Waals surface area contributed by atoms with E-state index in [4.69, 9.17) is 0 Å². The number of aliphatic imine (C=N–C) groups is 1. The third-order valence-corrected chi connectivity index (χ3v) is 5.53. The van der Waals surface area contributed by atoms with Crippen LogP contribution < -0.4 is 15.5 Å². The number of anilines is 1. The zero-order valence-corrected chi connectivity index (χ0v) is 20.6. The van der Waals surface area contributed by atoms with Gasteiger partial charge in [0, 0.05) is 71.0 Å². The van der Waals surface area contributed by atoms with Gasteiger partial charge in [-0.3, -0.25) is 9.89 Å². The van der Waals surface area contributed by atoms with Gasteiger partial charge in [0.05, 0.1) is 5.54 Å². The Morgan fingerprint density at radius 2 is 1.53 bits per heavy atom. The van der Waals surface area contributed by atoms with Gasteiger partial charge in [0.15, 0.2) is 0 Å². The minimum atomic E-state index is 0. The molecule has 4 heterocycles. The molecule has 0 bridgehead atoms. The minimum Gasteiger partial charge on any atom is -0.354 e. The first-order valence-corrected chi connectivity index (χ1v) is 12.3. The highest BCUT2D eigenvalue weighted by Gasteiger charge is 2.30. The van der Waals surface area contributed by atoms with Crippen molar-refractivity contribution in [2.75, 3.05) is 57.3 Å². The van der Waals surface area contributed by atoms with Gasteiger partial charge in [0.25, 0.3) is 0 Å². The molecule has 1 atom stereocenters. The quantitative estimate of drug-likeness (QED) is 0.695. The normalized spacial score (nSPS) is 23.8. The van der Waals surface area contributed by atoms with Gasteiger partial charge in [-0.15, -0.1) is 0 Å². The Bertz CT molecular complexity index is 592. The van der Waals surface area contributed by atoms with E-state index in [0.717, 1.165) is 58.2 Å². The summed E-state index contributed by atoms with van der Waals surface area (Å²) in [5.41, 5.74) is 0.173. The number of hydrogen-bond donors (Lipinski definition) is 2. The van der Waals surface area contributed by atoms with Crippen molar-refractivity contribution in [2.45, 2.75) is 66.8 Å². The van der Waals surface area contributed by atoms with Crippen LogP contribution in [0.3, 0.4) is 0 Å². The second kappa shape index (κ2) is 18.8. The standard InChI is InChI=1S/C12H21N3.C9H13N3.2C2H6.CH4/c1-12(15-9-7-13-8-10-15)5-3-2-4-6-14-11-12;1-2-4-11-9(3-1)12-7-5-10-6-8-12;2*1-2;/h4,6,11,13H,2-3,5,7-10H2,1H3;1-4,10H,5-8H2;2*1-2H3;1H4/b6-4-,14-11?;;;;. The van der Waals surface area contributed by atoms with E-state index < -0.39 is 0 Å². The first kappa shape index (κ1) is 30.2. The van der Waals surface area contributed by atoms with Crippen molar-refractivity contribution >= 4 is 12.0 Å².